The van der Waals surface area contributed by atoms with Gasteiger partial charge < -0.3 is 10.2 Å². The summed E-state index contributed by atoms with van der Waals surface area (Å²) >= 11 is 0. The van der Waals surface area contributed by atoms with E-state index in [0.717, 1.165) is 25.7 Å². The van der Waals surface area contributed by atoms with E-state index in [2.05, 4.69) is 19.9 Å². The molecule has 17 heavy (non-hydrogen) atoms. The van der Waals surface area contributed by atoms with Crippen LogP contribution in [0.25, 0.3) is 0 Å². The molecule has 0 aromatic carbocycles. The maximum Gasteiger partial charge on any atom is 0.0686 e. The van der Waals surface area contributed by atoms with Crippen LogP contribution in [0.15, 0.2) is 11.6 Å². The lowest BCUT2D eigenvalue weighted by molar-refractivity contribution is -0.0419. The Morgan fingerprint density at radius 3 is 2.41 bits per heavy atom. The van der Waals surface area contributed by atoms with Crippen LogP contribution in [0, 0.1) is 17.8 Å². The lowest BCUT2D eigenvalue weighted by Gasteiger charge is -2.34. The molecule has 2 heteroatoms. The van der Waals surface area contributed by atoms with Gasteiger partial charge in [0, 0.05) is 5.92 Å². The zero-order valence-electron chi connectivity index (χ0n) is 11.5. The van der Waals surface area contributed by atoms with E-state index in [0.29, 0.717) is 5.92 Å². The van der Waals surface area contributed by atoms with Gasteiger partial charge in [-0.15, -0.1) is 0 Å². The van der Waals surface area contributed by atoms with Crippen molar-refractivity contribution in [3.63, 3.8) is 0 Å². The van der Waals surface area contributed by atoms with Gasteiger partial charge in [-0.1, -0.05) is 25.5 Å². The van der Waals surface area contributed by atoms with E-state index in [1.807, 2.05) is 13.8 Å². The first-order chi connectivity index (χ1) is 7.74. The van der Waals surface area contributed by atoms with Crippen LogP contribution in [-0.4, -0.2) is 21.4 Å². The van der Waals surface area contributed by atoms with Gasteiger partial charge in [0.05, 0.1) is 11.2 Å². The molecule has 0 amide bonds. The van der Waals surface area contributed by atoms with Gasteiger partial charge in [-0.3, -0.25) is 0 Å². The highest BCUT2D eigenvalue weighted by molar-refractivity contribution is 5.19. The average Bonchev–Trinajstić information content (AvgIpc) is 2.39. The van der Waals surface area contributed by atoms with Gasteiger partial charge in [-0.25, -0.2) is 0 Å². The first-order valence-electron chi connectivity index (χ1n) is 6.89. The van der Waals surface area contributed by atoms with Gasteiger partial charge in [-0.2, -0.15) is 0 Å². The molecule has 0 unspecified atom stereocenters. The lowest BCUT2D eigenvalue weighted by Crippen LogP contribution is -2.40. The summed E-state index contributed by atoms with van der Waals surface area (Å²) in [6, 6.07) is 0. The fourth-order valence-electron chi connectivity index (χ4n) is 3.60. The Morgan fingerprint density at radius 1 is 1.18 bits per heavy atom. The van der Waals surface area contributed by atoms with Gasteiger partial charge in [-0.05, 0) is 51.4 Å². The van der Waals surface area contributed by atoms with Crippen molar-refractivity contribution in [3.05, 3.63) is 11.6 Å². The molecular weight excluding hydrogens is 212 g/mol. The van der Waals surface area contributed by atoms with Gasteiger partial charge in [0.1, 0.15) is 0 Å². The number of rotatable bonds is 1. The Morgan fingerprint density at radius 2 is 1.82 bits per heavy atom. The molecule has 0 spiro atoms. The third-order valence-corrected chi connectivity index (χ3v) is 4.97. The van der Waals surface area contributed by atoms with Crippen LogP contribution in [0.5, 0.6) is 0 Å². The molecule has 98 valence electrons. The molecule has 1 saturated carbocycles. The van der Waals surface area contributed by atoms with Gasteiger partial charge in [0.2, 0.25) is 0 Å². The second-order valence-electron chi connectivity index (χ2n) is 6.78. The molecule has 0 aliphatic heterocycles. The van der Waals surface area contributed by atoms with Gasteiger partial charge in [0.15, 0.2) is 0 Å². The molecule has 2 aliphatic rings. The zero-order chi connectivity index (χ0) is 12.8. The molecule has 0 heterocycles. The van der Waals surface area contributed by atoms with Crippen molar-refractivity contribution >= 4 is 0 Å². The summed E-state index contributed by atoms with van der Waals surface area (Å²) < 4.78 is 0. The molecule has 2 N–H and O–H groups in total. The summed E-state index contributed by atoms with van der Waals surface area (Å²) in [5.74, 6) is 0.854. The summed E-state index contributed by atoms with van der Waals surface area (Å²) in [6.07, 6.45) is 5.80. The third-order valence-electron chi connectivity index (χ3n) is 4.97. The molecular formula is C15H26O2. The Balaban J connectivity index is 2.37. The van der Waals surface area contributed by atoms with E-state index in [1.54, 1.807) is 0 Å². The summed E-state index contributed by atoms with van der Waals surface area (Å²) in [5, 5.41) is 21.1. The highest BCUT2D eigenvalue weighted by Crippen LogP contribution is 2.50. The Labute approximate surface area is 105 Å². The Hall–Kier alpha value is -0.340. The highest BCUT2D eigenvalue weighted by atomic mass is 16.3. The summed E-state index contributed by atoms with van der Waals surface area (Å²) in [5.41, 5.74) is 0.136. The third kappa shape index (κ3) is 2.30. The fraction of sp³-hybridized carbons (Fsp3) is 0.867. The number of aliphatic hydroxyl groups is 2. The first-order valence-corrected chi connectivity index (χ1v) is 6.89. The van der Waals surface area contributed by atoms with Crippen LogP contribution in [0.4, 0.5) is 0 Å². The van der Waals surface area contributed by atoms with Crippen LogP contribution in [0.3, 0.4) is 0 Å². The second kappa shape index (κ2) is 4.10. The fourth-order valence-corrected chi connectivity index (χ4v) is 3.60. The van der Waals surface area contributed by atoms with E-state index in [-0.39, 0.29) is 11.8 Å². The first kappa shape index (κ1) is 13.1. The van der Waals surface area contributed by atoms with Crippen molar-refractivity contribution in [2.45, 2.75) is 64.6 Å². The van der Waals surface area contributed by atoms with Crippen molar-refractivity contribution in [3.8, 4) is 0 Å². The molecule has 0 aromatic rings. The molecule has 0 aromatic heterocycles. The summed E-state index contributed by atoms with van der Waals surface area (Å²) in [7, 11) is 0. The van der Waals surface area contributed by atoms with Crippen LogP contribution in [-0.2, 0) is 0 Å². The molecule has 4 atom stereocenters. The van der Waals surface area contributed by atoms with Crippen molar-refractivity contribution in [1.82, 2.24) is 0 Å². The minimum absolute atomic E-state index is 0.123. The predicted molar refractivity (Wildman–Crippen MR) is 69.6 cm³/mol. The zero-order valence-corrected chi connectivity index (χ0v) is 11.5. The van der Waals surface area contributed by atoms with Crippen LogP contribution >= 0.6 is 0 Å². The van der Waals surface area contributed by atoms with E-state index < -0.39 is 11.2 Å². The number of fused-ring (bicyclic) bond motifs is 1. The highest BCUT2D eigenvalue weighted by Gasteiger charge is 2.50. The minimum atomic E-state index is -0.640. The standard InChI is InChI=1S/C15H26O2/c1-10(2)11-5-7-14(3,16)12-6-8-15(4,17)13(12)9-11/h9-10,12-13,16-17H,5-8H2,1-4H3/t12-,13-,14-,15-/m1/s1. The number of allylic oxidation sites excluding steroid dienone is 1. The minimum Gasteiger partial charge on any atom is -0.390 e. The molecule has 0 radical (unpaired) electrons. The second-order valence-corrected chi connectivity index (χ2v) is 6.78. The Kier molecular flexibility index (Phi) is 3.16. The van der Waals surface area contributed by atoms with Gasteiger partial charge in [0.25, 0.3) is 0 Å². The van der Waals surface area contributed by atoms with Crippen molar-refractivity contribution in [2.75, 3.05) is 0 Å². The molecule has 0 bridgehead atoms. The van der Waals surface area contributed by atoms with E-state index in [9.17, 15) is 10.2 Å². The molecule has 2 nitrogen and oxygen atoms in total. The lowest BCUT2D eigenvalue weighted by atomic mass is 9.77. The summed E-state index contributed by atoms with van der Waals surface area (Å²) in [4.78, 5) is 0. The predicted octanol–water partition coefficient (Wildman–Crippen LogP) is 2.89. The van der Waals surface area contributed by atoms with Crippen molar-refractivity contribution < 1.29 is 10.2 Å². The van der Waals surface area contributed by atoms with Crippen LogP contribution < -0.4 is 0 Å². The largest absolute Gasteiger partial charge is 0.390 e. The molecule has 2 rings (SSSR count). The molecule has 0 saturated heterocycles. The van der Waals surface area contributed by atoms with Gasteiger partial charge >= 0.3 is 0 Å². The van der Waals surface area contributed by atoms with Crippen LogP contribution in [0.1, 0.15) is 53.4 Å². The van der Waals surface area contributed by atoms with Crippen molar-refractivity contribution in [2.24, 2.45) is 17.8 Å². The van der Waals surface area contributed by atoms with Crippen molar-refractivity contribution in [1.29, 1.82) is 0 Å². The quantitative estimate of drug-likeness (QED) is 0.690. The summed E-state index contributed by atoms with van der Waals surface area (Å²) in [6.45, 7) is 8.27. The Bertz CT molecular complexity index is 326. The maximum absolute atomic E-state index is 10.6. The normalized spacial score (nSPS) is 46.6. The molecule has 2 aliphatic carbocycles. The SMILES string of the molecule is CC(C)C1=C[C@@H]2[C@@H](CC[C@@]2(C)O)[C@](C)(O)CC1. The van der Waals surface area contributed by atoms with E-state index >= 15 is 0 Å². The topological polar surface area (TPSA) is 40.5 Å². The monoisotopic (exact) mass is 238 g/mol. The number of hydrogen-bond acceptors (Lipinski definition) is 2. The van der Waals surface area contributed by atoms with E-state index in [1.165, 1.54) is 5.57 Å². The smallest absolute Gasteiger partial charge is 0.0686 e. The van der Waals surface area contributed by atoms with E-state index in [4.69, 9.17) is 0 Å². The maximum atomic E-state index is 10.6. The molecule has 1 fully saturated rings. The van der Waals surface area contributed by atoms with Crippen LogP contribution in [0.2, 0.25) is 0 Å². The average molecular weight is 238 g/mol. The number of hydrogen-bond donors (Lipinski definition) is 2.